The van der Waals surface area contributed by atoms with Gasteiger partial charge in [-0.05, 0) is 48.9 Å². The first-order valence-electron chi connectivity index (χ1n) is 9.85. The first kappa shape index (κ1) is 20.9. The molecule has 1 aromatic carbocycles. The van der Waals surface area contributed by atoms with Gasteiger partial charge < -0.3 is 9.64 Å². The van der Waals surface area contributed by atoms with Crippen LogP contribution in [-0.2, 0) is 10.5 Å². The Hall–Kier alpha value is -2.39. The standard InChI is InChI=1S/C21H22FN3O3S2/c1-2-28-21(27)24-10-7-16(8-11-24)25-19(26)18-17(9-12-29-18)23-20(25)30-13-14-3-5-15(22)6-4-14/h3-6,9,12,16H,2,7-8,10-11,13H2,1H3. The zero-order valence-corrected chi connectivity index (χ0v) is 18.2. The minimum Gasteiger partial charge on any atom is -0.450 e. The number of hydrogen-bond donors (Lipinski definition) is 0. The number of thiophene rings is 1. The molecule has 1 fully saturated rings. The summed E-state index contributed by atoms with van der Waals surface area (Å²) >= 11 is 2.87. The van der Waals surface area contributed by atoms with Gasteiger partial charge in [0.15, 0.2) is 5.16 Å². The van der Waals surface area contributed by atoms with Gasteiger partial charge in [0.1, 0.15) is 10.5 Å². The number of carbonyl (C=O) groups is 1. The topological polar surface area (TPSA) is 64.4 Å². The molecule has 0 spiro atoms. The largest absolute Gasteiger partial charge is 0.450 e. The highest BCUT2D eigenvalue weighted by Gasteiger charge is 2.27. The molecule has 0 N–H and O–H groups in total. The number of aromatic nitrogens is 2. The highest BCUT2D eigenvalue weighted by Crippen LogP contribution is 2.30. The Morgan fingerprint density at radius 1 is 1.27 bits per heavy atom. The van der Waals surface area contributed by atoms with Crippen molar-refractivity contribution < 1.29 is 13.9 Å². The van der Waals surface area contributed by atoms with Crippen LogP contribution in [-0.4, -0.2) is 40.2 Å². The number of halogens is 1. The molecule has 0 bridgehead atoms. The minimum absolute atomic E-state index is 0.0297. The van der Waals surface area contributed by atoms with E-state index in [1.807, 2.05) is 11.4 Å². The van der Waals surface area contributed by atoms with Crippen LogP contribution in [0.4, 0.5) is 9.18 Å². The summed E-state index contributed by atoms with van der Waals surface area (Å²) in [5, 5.41) is 2.53. The van der Waals surface area contributed by atoms with Gasteiger partial charge in [-0.3, -0.25) is 9.36 Å². The Balaban J connectivity index is 1.59. The Morgan fingerprint density at radius 2 is 2.00 bits per heavy atom. The van der Waals surface area contributed by atoms with Crippen molar-refractivity contribution in [2.45, 2.75) is 36.7 Å². The highest BCUT2D eigenvalue weighted by atomic mass is 32.2. The molecule has 3 aromatic rings. The van der Waals surface area contributed by atoms with Gasteiger partial charge in [-0.1, -0.05) is 23.9 Å². The molecule has 1 amide bonds. The van der Waals surface area contributed by atoms with Crippen molar-refractivity contribution in [2.75, 3.05) is 19.7 Å². The van der Waals surface area contributed by atoms with Crippen molar-refractivity contribution in [3.05, 3.63) is 57.4 Å². The second-order valence-corrected chi connectivity index (χ2v) is 8.90. The molecular formula is C21H22FN3O3S2. The van der Waals surface area contributed by atoms with E-state index in [9.17, 15) is 14.0 Å². The number of nitrogens with zero attached hydrogens (tertiary/aromatic N) is 3. The summed E-state index contributed by atoms with van der Waals surface area (Å²) in [4.78, 5) is 31.7. The van der Waals surface area contributed by atoms with Crippen molar-refractivity contribution in [1.29, 1.82) is 0 Å². The minimum atomic E-state index is -0.305. The van der Waals surface area contributed by atoms with Crippen molar-refractivity contribution in [1.82, 2.24) is 14.5 Å². The molecule has 9 heteroatoms. The van der Waals surface area contributed by atoms with E-state index in [1.165, 1.54) is 35.2 Å². The zero-order chi connectivity index (χ0) is 21.1. The predicted octanol–water partition coefficient (Wildman–Crippen LogP) is 4.68. The molecule has 2 aromatic heterocycles. The van der Waals surface area contributed by atoms with E-state index in [-0.39, 0.29) is 23.5 Å². The van der Waals surface area contributed by atoms with Crippen molar-refractivity contribution in [2.24, 2.45) is 0 Å². The number of hydrogen-bond acceptors (Lipinski definition) is 6. The van der Waals surface area contributed by atoms with Gasteiger partial charge in [0.25, 0.3) is 5.56 Å². The normalized spacial score (nSPS) is 14.9. The van der Waals surface area contributed by atoms with Crippen molar-refractivity contribution >= 4 is 39.4 Å². The first-order valence-corrected chi connectivity index (χ1v) is 11.7. The smallest absolute Gasteiger partial charge is 0.409 e. The molecule has 1 saturated heterocycles. The maximum absolute atomic E-state index is 13.2. The number of ether oxygens (including phenoxy) is 1. The molecule has 0 unspecified atom stereocenters. The van der Waals surface area contributed by atoms with E-state index in [0.717, 1.165) is 5.56 Å². The number of amides is 1. The third-order valence-corrected chi connectivity index (χ3v) is 7.03. The fraction of sp³-hybridized carbons (Fsp3) is 0.381. The van der Waals surface area contributed by atoms with E-state index in [0.29, 0.717) is 53.7 Å². The molecule has 158 valence electrons. The SMILES string of the molecule is CCOC(=O)N1CCC(n2c(SCc3ccc(F)cc3)nc3ccsc3c2=O)CC1. The molecule has 0 atom stereocenters. The number of thioether (sulfide) groups is 1. The maximum atomic E-state index is 13.2. The van der Waals surface area contributed by atoms with Gasteiger partial charge in [-0.25, -0.2) is 14.2 Å². The molecule has 0 saturated carbocycles. The Morgan fingerprint density at radius 3 is 2.70 bits per heavy atom. The van der Waals surface area contributed by atoms with Gasteiger partial charge in [0, 0.05) is 24.9 Å². The van der Waals surface area contributed by atoms with Gasteiger partial charge >= 0.3 is 6.09 Å². The average molecular weight is 448 g/mol. The third-order valence-electron chi connectivity index (χ3n) is 5.12. The highest BCUT2D eigenvalue weighted by molar-refractivity contribution is 7.98. The molecule has 0 aliphatic carbocycles. The van der Waals surface area contributed by atoms with Crippen LogP contribution in [0.5, 0.6) is 0 Å². The average Bonchev–Trinajstić information content (AvgIpc) is 3.23. The molecular weight excluding hydrogens is 425 g/mol. The zero-order valence-electron chi connectivity index (χ0n) is 16.5. The second kappa shape index (κ2) is 9.18. The maximum Gasteiger partial charge on any atom is 0.409 e. The van der Waals surface area contributed by atoms with Crippen LogP contribution >= 0.6 is 23.1 Å². The first-order chi connectivity index (χ1) is 14.6. The summed E-state index contributed by atoms with van der Waals surface area (Å²) < 4.78 is 20.7. The predicted molar refractivity (Wildman–Crippen MR) is 117 cm³/mol. The fourth-order valence-corrected chi connectivity index (χ4v) is 5.37. The lowest BCUT2D eigenvalue weighted by atomic mass is 10.1. The summed E-state index contributed by atoms with van der Waals surface area (Å²) in [7, 11) is 0. The third kappa shape index (κ3) is 4.37. The Kier molecular flexibility index (Phi) is 6.38. The molecule has 4 rings (SSSR count). The van der Waals surface area contributed by atoms with Gasteiger partial charge in [0.05, 0.1) is 12.1 Å². The van der Waals surface area contributed by atoms with Crippen LogP contribution in [0, 0.1) is 5.82 Å². The molecule has 6 nitrogen and oxygen atoms in total. The Labute approximate surface area is 181 Å². The van der Waals surface area contributed by atoms with Crippen LogP contribution in [0.15, 0.2) is 45.7 Å². The summed E-state index contributed by atoms with van der Waals surface area (Å²) in [6.07, 6.45) is 1.03. The van der Waals surface area contributed by atoms with Crippen LogP contribution in [0.25, 0.3) is 10.2 Å². The van der Waals surface area contributed by atoms with E-state index < -0.39 is 0 Å². The number of carbonyl (C=O) groups excluding carboxylic acids is 1. The molecule has 3 heterocycles. The summed E-state index contributed by atoms with van der Waals surface area (Å²) in [6, 6.07) is 8.18. The van der Waals surface area contributed by atoms with Crippen LogP contribution in [0.3, 0.4) is 0 Å². The molecule has 1 aliphatic heterocycles. The quantitative estimate of drug-likeness (QED) is 0.420. The van der Waals surface area contributed by atoms with E-state index in [2.05, 4.69) is 0 Å². The second-order valence-electron chi connectivity index (χ2n) is 7.04. The summed E-state index contributed by atoms with van der Waals surface area (Å²) in [5.41, 5.74) is 1.63. The number of piperidine rings is 1. The molecule has 30 heavy (non-hydrogen) atoms. The van der Waals surface area contributed by atoms with Crippen molar-refractivity contribution in [3.63, 3.8) is 0 Å². The fourth-order valence-electron chi connectivity index (χ4n) is 3.58. The monoisotopic (exact) mass is 447 g/mol. The van der Waals surface area contributed by atoms with E-state index in [4.69, 9.17) is 9.72 Å². The molecule has 0 radical (unpaired) electrons. The van der Waals surface area contributed by atoms with Gasteiger partial charge in [0.2, 0.25) is 0 Å². The van der Waals surface area contributed by atoms with E-state index >= 15 is 0 Å². The summed E-state index contributed by atoms with van der Waals surface area (Å²) in [5.74, 6) is 0.316. The summed E-state index contributed by atoms with van der Waals surface area (Å²) in [6.45, 7) is 3.22. The number of rotatable bonds is 5. The van der Waals surface area contributed by atoms with Crippen LogP contribution in [0.2, 0.25) is 0 Å². The lowest BCUT2D eigenvalue weighted by Crippen LogP contribution is -2.41. The van der Waals surface area contributed by atoms with Crippen LogP contribution < -0.4 is 5.56 Å². The number of benzene rings is 1. The van der Waals surface area contributed by atoms with Crippen LogP contribution in [0.1, 0.15) is 31.4 Å². The lowest BCUT2D eigenvalue weighted by molar-refractivity contribution is 0.0915. The van der Waals surface area contributed by atoms with Crippen molar-refractivity contribution in [3.8, 4) is 0 Å². The Bertz CT molecular complexity index is 1090. The number of likely N-dealkylation sites (tertiary alicyclic amines) is 1. The van der Waals surface area contributed by atoms with E-state index in [1.54, 1.807) is 28.5 Å². The number of fused-ring (bicyclic) bond motifs is 1. The van der Waals surface area contributed by atoms with Gasteiger partial charge in [-0.15, -0.1) is 11.3 Å². The lowest BCUT2D eigenvalue weighted by Gasteiger charge is -2.32. The van der Waals surface area contributed by atoms with Gasteiger partial charge in [-0.2, -0.15) is 0 Å². The molecule has 1 aliphatic rings.